The van der Waals surface area contributed by atoms with Gasteiger partial charge in [-0.05, 0) is 19.3 Å². The van der Waals surface area contributed by atoms with Crippen molar-refractivity contribution < 1.29 is 9.59 Å². The van der Waals surface area contributed by atoms with Gasteiger partial charge in [0.1, 0.15) is 0 Å². The molecule has 0 spiro atoms. The summed E-state index contributed by atoms with van der Waals surface area (Å²) in [6, 6.07) is 0. The van der Waals surface area contributed by atoms with E-state index in [0.29, 0.717) is 12.1 Å². The quantitative estimate of drug-likeness (QED) is 0.737. The molecule has 3 heteroatoms. The molecule has 0 unspecified atom stereocenters. The van der Waals surface area contributed by atoms with Gasteiger partial charge < -0.3 is 4.90 Å². The van der Waals surface area contributed by atoms with Crippen LogP contribution >= 0.6 is 0 Å². The van der Waals surface area contributed by atoms with Crippen LogP contribution in [-0.4, -0.2) is 29.7 Å². The second-order valence-electron chi connectivity index (χ2n) is 3.98. The topological polar surface area (TPSA) is 37.4 Å². The zero-order valence-corrected chi connectivity index (χ0v) is 11.0. The molecule has 0 N–H and O–H groups in total. The predicted octanol–water partition coefficient (Wildman–Crippen LogP) is 2.48. The molecule has 0 radical (unpaired) electrons. The summed E-state index contributed by atoms with van der Waals surface area (Å²) < 4.78 is 0. The largest absolute Gasteiger partial charge is 0.331 e. The van der Waals surface area contributed by atoms with Crippen LogP contribution in [0, 0.1) is 0 Å². The predicted molar refractivity (Wildman–Crippen MR) is 68.6 cm³/mol. The molecular weight excluding hydrogens is 214 g/mol. The SMILES string of the molecule is CC.CCCN1CC(=O)C2=C(C=CCC2)C1=O. The van der Waals surface area contributed by atoms with Crippen LogP contribution in [0.2, 0.25) is 0 Å². The normalized spacial score (nSPS) is 18.9. The highest BCUT2D eigenvalue weighted by atomic mass is 16.2. The molecule has 1 heterocycles. The molecule has 0 bridgehead atoms. The molecule has 2 rings (SSSR count). The molecule has 1 aliphatic heterocycles. The second-order valence-corrected chi connectivity index (χ2v) is 3.98. The molecule has 1 amide bonds. The van der Waals surface area contributed by atoms with E-state index in [1.54, 1.807) is 11.0 Å². The van der Waals surface area contributed by atoms with Crippen molar-refractivity contribution in [2.24, 2.45) is 0 Å². The van der Waals surface area contributed by atoms with Crippen LogP contribution < -0.4 is 0 Å². The van der Waals surface area contributed by atoms with E-state index in [1.807, 2.05) is 26.8 Å². The molecule has 94 valence electrons. The average Bonchev–Trinajstić information content (AvgIpc) is 2.38. The maximum absolute atomic E-state index is 12.0. The molecule has 0 fully saturated rings. The highest BCUT2D eigenvalue weighted by molar-refractivity contribution is 6.13. The van der Waals surface area contributed by atoms with E-state index in [2.05, 4.69) is 0 Å². The van der Waals surface area contributed by atoms with Gasteiger partial charge in [0.05, 0.1) is 6.54 Å². The lowest BCUT2D eigenvalue weighted by molar-refractivity contribution is -0.133. The van der Waals surface area contributed by atoms with Gasteiger partial charge in [0.15, 0.2) is 5.78 Å². The van der Waals surface area contributed by atoms with Crippen molar-refractivity contribution in [2.45, 2.75) is 40.0 Å². The van der Waals surface area contributed by atoms with Gasteiger partial charge >= 0.3 is 0 Å². The van der Waals surface area contributed by atoms with Gasteiger partial charge in [0, 0.05) is 17.7 Å². The Morgan fingerprint density at radius 2 is 2.00 bits per heavy atom. The highest BCUT2D eigenvalue weighted by Gasteiger charge is 2.31. The minimum absolute atomic E-state index is 0.0300. The summed E-state index contributed by atoms with van der Waals surface area (Å²) in [6.45, 7) is 6.97. The lowest BCUT2D eigenvalue weighted by Crippen LogP contribution is -2.42. The first kappa shape index (κ1) is 13.7. The first-order valence-electron chi connectivity index (χ1n) is 6.46. The number of rotatable bonds is 2. The fourth-order valence-corrected chi connectivity index (χ4v) is 2.12. The Bertz CT molecular complexity index is 366. The van der Waals surface area contributed by atoms with E-state index >= 15 is 0 Å². The summed E-state index contributed by atoms with van der Waals surface area (Å²) in [7, 11) is 0. The van der Waals surface area contributed by atoms with Crippen molar-refractivity contribution in [1.82, 2.24) is 4.90 Å². The van der Waals surface area contributed by atoms with Crippen molar-refractivity contribution in [3.05, 3.63) is 23.3 Å². The maximum atomic E-state index is 12.0. The standard InChI is InChI=1S/C12H15NO2.C2H6/c1-2-7-13-8-11(14)9-5-3-4-6-10(9)12(13)15;1-2/h4,6H,2-3,5,7-8H2,1H3;1-2H3. The van der Waals surface area contributed by atoms with Gasteiger partial charge in [0.2, 0.25) is 0 Å². The molecule has 17 heavy (non-hydrogen) atoms. The molecule has 0 aromatic carbocycles. The van der Waals surface area contributed by atoms with E-state index in [1.165, 1.54) is 0 Å². The number of hydrogen-bond donors (Lipinski definition) is 0. The third-order valence-corrected chi connectivity index (χ3v) is 2.85. The summed E-state index contributed by atoms with van der Waals surface area (Å²) >= 11 is 0. The van der Waals surface area contributed by atoms with Crippen LogP contribution in [0.25, 0.3) is 0 Å². The Balaban J connectivity index is 0.000000686. The van der Waals surface area contributed by atoms with E-state index in [0.717, 1.165) is 24.8 Å². The van der Waals surface area contributed by atoms with Gasteiger partial charge in [-0.25, -0.2) is 0 Å². The van der Waals surface area contributed by atoms with E-state index in [-0.39, 0.29) is 18.2 Å². The summed E-state index contributed by atoms with van der Waals surface area (Å²) in [5.74, 6) is 0.157. The zero-order valence-electron chi connectivity index (χ0n) is 11.0. The molecule has 2 aliphatic rings. The molecule has 1 aliphatic carbocycles. The lowest BCUT2D eigenvalue weighted by Gasteiger charge is -2.29. The van der Waals surface area contributed by atoms with Gasteiger partial charge in [-0.2, -0.15) is 0 Å². The van der Waals surface area contributed by atoms with E-state index in [9.17, 15) is 9.59 Å². The van der Waals surface area contributed by atoms with Crippen LogP contribution in [0.4, 0.5) is 0 Å². The molecule has 0 atom stereocenters. The third-order valence-electron chi connectivity index (χ3n) is 2.85. The van der Waals surface area contributed by atoms with Gasteiger partial charge in [-0.15, -0.1) is 0 Å². The van der Waals surface area contributed by atoms with Crippen LogP contribution in [0.5, 0.6) is 0 Å². The minimum atomic E-state index is 0.0300. The Hall–Kier alpha value is -1.38. The number of hydrogen-bond acceptors (Lipinski definition) is 2. The number of amides is 1. The number of Topliss-reactive ketones (excluding diaryl/α,β-unsaturated/α-hetero) is 1. The van der Waals surface area contributed by atoms with Crippen molar-refractivity contribution >= 4 is 11.7 Å². The Labute approximate surface area is 103 Å². The van der Waals surface area contributed by atoms with Crippen LogP contribution in [-0.2, 0) is 9.59 Å². The summed E-state index contributed by atoms with van der Waals surface area (Å²) in [5.41, 5.74) is 1.38. The van der Waals surface area contributed by atoms with Gasteiger partial charge in [-0.1, -0.05) is 32.9 Å². The zero-order chi connectivity index (χ0) is 12.8. The Kier molecular flexibility index (Phi) is 5.13. The Morgan fingerprint density at radius 1 is 1.29 bits per heavy atom. The van der Waals surface area contributed by atoms with E-state index < -0.39 is 0 Å². The first-order chi connectivity index (χ1) is 8.24. The molecular formula is C14H21NO2. The third kappa shape index (κ3) is 2.84. The fourth-order valence-electron chi connectivity index (χ4n) is 2.12. The van der Waals surface area contributed by atoms with Crippen molar-refractivity contribution in [3.63, 3.8) is 0 Å². The molecule has 0 saturated carbocycles. The number of ketones is 1. The van der Waals surface area contributed by atoms with Crippen molar-refractivity contribution in [2.75, 3.05) is 13.1 Å². The monoisotopic (exact) mass is 235 g/mol. The maximum Gasteiger partial charge on any atom is 0.254 e. The molecule has 0 aromatic heterocycles. The highest BCUT2D eigenvalue weighted by Crippen LogP contribution is 2.25. The average molecular weight is 235 g/mol. The summed E-state index contributed by atoms with van der Waals surface area (Å²) in [6.07, 6.45) is 6.29. The van der Waals surface area contributed by atoms with Gasteiger partial charge in [-0.3, -0.25) is 9.59 Å². The van der Waals surface area contributed by atoms with Crippen LogP contribution in [0.1, 0.15) is 40.0 Å². The van der Waals surface area contributed by atoms with Crippen molar-refractivity contribution in [3.8, 4) is 0 Å². The summed E-state index contributed by atoms with van der Waals surface area (Å²) in [4.78, 5) is 25.4. The van der Waals surface area contributed by atoms with E-state index in [4.69, 9.17) is 0 Å². The van der Waals surface area contributed by atoms with Gasteiger partial charge in [0.25, 0.3) is 5.91 Å². The molecule has 0 saturated heterocycles. The second kappa shape index (κ2) is 6.38. The molecule has 3 nitrogen and oxygen atoms in total. The first-order valence-corrected chi connectivity index (χ1v) is 6.46. The molecule has 0 aromatic rings. The number of carbonyl (C=O) groups is 2. The van der Waals surface area contributed by atoms with Crippen LogP contribution in [0.3, 0.4) is 0 Å². The Morgan fingerprint density at radius 3 is 2.65 bits per heavy atom. The number of nitrogens with zero attached hydrogens (tertiary/aromatic N) is 1. The summed E-state index contributed by atoms with van der Waals surface area (Å²) in [5, 5.41) is 0. The smallest absolute Gasteiger partial charge is 0.254 e. The van der Waals surface area contributed by atoms with Crippen molar-refractivity contribution in [1.29, 1.82) is 0 Å². The fraction of sp³-hybridized carbons (Fsp3) is 0.571. The van der Waals surface area contributed by atoms with Crippen LogP contribution in [0.15, 0.2) is 23.3 Å². The lowest BCUT2D eigenvalue weighted by atomic mass is 9.90. The number of carbonyl (C=O) groups excluding carboxylic acids is 2. The number of allylic oxidation sites excluding steroid dienone is 1. The minimum Gasteiger partial charge on any atom is -0.331 e.